The van der Waals surface area contributed by atoms with Gasteiger partial charge in [-0.3, -0.25) is 14.9 Å². The molecule has 1 amide bonds. The highest BCUT2D eigenvalue weighted by molar-refractivity contribution is 5.84. The minimum Gasteiger partial charge on any atom is -0.397 e. The average Bonchev–Trinajstić information content (AvgIpc) is 2.20. The molecule has 0 saturated carbocycles. The molecule has 0 aliphatic rings. The van der Waals surface area contributed by atoms with Gasteiger partial charge in [0.1, 0.15) is 6.04 Å². The van der Waals surface area contributed by atoms with Crippen molar-refractivity contribution in [3.8, 4) is 0 Å². The van der Waals surface area contributed by atoms with Crippen molar-refractivity contribution in [1.29, 1.82) is 0 Å². The molecular formula is C9H12N4O3. The Morgan fingerprint density at radius 3 is 2.62 bits per heavy atom. The molecule has 1 rings (SSSR count). The fourth-order valence-corrected chi connectivity index (χ4v) is 1.10. The van der Waals surface area contributed by atoms with Crippen molar-refractivity contribution >= 4 is 23.0 Å². The van der Waals surface area contributed by atoms with Crippen LogP contribution in [0.1, 0.15) is 6.92 Å². The third kappa shape index (κ3) is 2.59. The minimum absolute atomic E-state index is 0.102. The van der Waals surface area contributed by atoms with Crippen LogP contribution in [0.15, 0.2) is 18.2 Å². The Balaban J connectivity index is 2.91. The molecule has 0 heterocycles. The van der Waals surface area contributed by atoms with Crippen LogP contribution in [-0.2, 0) is 4.79 Å². The number of nitrogens with zero attached hydrogens (tertiary/aromatic N) is 1. The van der Waals surface area contributed by atoms with Gasteiger partial charge >= 0.3 is 0 Å². The highest BCUT2D eigenvalue weighted by Crippen LogP contribution is 2.24. The van der Waals surface area contributed by atoms with Crippen LogP contribution in [0.3, 0.4) is 0 Å². The summed E-state index contributed by atoms with van der Waals surface area (Å²) in [5.74, 6) is -0.530. The van der Waals surface area contributed by atoms with Gasteiger partial charge in [0.15, 0.2) is 0 Å². The maximum Gasteiger partial charge on any atom is 0.271 e. The van der Waals surface area contributed by atoms with Gasteiger partial charge in [0.25, 0.3) is 5.69 Å². The highest BCUT2D eigenvalue weighted by atomic mass is 16.6. The third-order valence-corrected chi connectivity index (χ3v) is 2.04. The lowest BCUT2D eigenvalue weighted by Crippen LogP contribution is -2.32. The summed E-state index contributed by atoms with van der Waals surface area (Å²) in [6.45, 7) is 1.57. The first-order chi connectivity index (χ1) is 7.41. The Morgan fingerprint density at radius 2 is 2.19 bits per heavy atom. The van der Waals surface area contributed by atoms with E-state index in [0.717, 1.165) is 0 Å². The topological polar surface area (TPSA) is 124 Å². The second-order valence-electron chi connectivity index (χ2n) is 3.30. The van der Waals surface area contributed by atoms with E-state index in [0.29, 0.717) is 5.69 Å². The fourth-order valence-electron chi connectivity index (χ4n) is 1.10. The van der Waals surface area contributed by atoms with Gasteiger partial charge in [-0.15, -0.1) is 0 Å². The minimum atomic E-state index is -0.594. The fraction of sp³-hybridized carbons (Fsp3) is 0.222. The number of nitrogens with two attached hydrogens (primary N) is 2. The normalized spacial score (nSPS) is 11.8. The maximum atomic E-state index is 10.8. The summed E-state index contributed by atoms with van der Waals surface area (Å²) in [5, 5.41) is 13.2. The van der Waals surface area contributed by atoms with Gasteiger partial charge < -0.3 is 16.8 Å². The molecule has 0 bridgehead atoms. The van der Waals surface area contributed by atoms with E-state index in [1.807, 2.05) is 0 Å². The molecule has 0 saturated heterocycles. The van der Waals surface area contributed by atoms with E-state index in [-0.39, 0.29) is 11.4 Å². The Kier molecular flexibility index (Phi) is 3.29. The van der Waals surface area contributed by atoms with E-state index in [1.165, 1.54) is 18.2 Å². The van der Waals surface area contributed by atoms with Crippen molar-refractivity contribution < 1.29 is 9.72 Å². The van der Waals surface area contributed by atoms with E-state index in [9.17, 15) is 14.9 Å². The number of primary amides is 1. The van der Waals surface area contributed by atoms with Crippen LogP contribution in [0.25, 0.3) is 0 Å². The van der Waals surface area contributed by atoms with Gasteiger partial charge in [0, 0.05) is 12.1 Å². The molecule has 7 heteroatoms. The molecular weight excluding hydrogens is 212 g/mol. The summed E-state index contributed by atoms with van der Waals surface area (Å²) < 4.78 is 0. The molecule has 0 aromatic heterocycles. The number of nitrogens with one attached hydrogen (secondary N) is 1. The van der Waals surface area contributed by atoms with Crippen LogP contribution in [0.2, 0.25) is 0 Å². The molecule has 0 aliphatic carbocycles. The lowest BCUT2D eigenvalue weighted by Gasteiger charge is -2.13. The molecule has 1 atom stereocenters. The van der Waals surface area contributed by atoms with Gasteiger partial charge in [-0.05, 0) is 13.0 Å². The van der Waals surface area contributed by atoms with E-state index >= 15 is 0 Å². The number of rotatable bonds is 4. The number of amides is 1. The first-order valence-electron chi connectivity index (χ1n) is 4.51. The third-order valence-electron chi connectivity index (χ3n) is 2.04. The summed E-state index contributed by atoms with van der Waals surface area (Å²) in [5.41, 5.74) is 11.2. The summed E-state index contributed by atoms with van der Waals surface area (Å²) in [6, 6.07) is 3.36. The number of carbonyl (C=O) groups excluding carboxylic acids is 1. The Labute approximate surface area is 91.6 Å². The number of hydrogen-bond acceptors (Lipinski definition) is 5. The summed E-state index contributed by atoms with van der Waals surface area (Å²) in [7, 11) is 0. The van der Waals surface area contributed by atoms with Gasteiger partial charge in [-0.25, -0.2) is 0 Å². The van der Waals surface area contributed by atoms with Crippen LogP contribution in [0.4, 0.5) is 17.1 Å². The summed E-state index contributed by atoms with van der Waals surface area (Å²) >= 11 is 0. The first-order valence-corrected chi connectivity index (χ1v) is 4.51. The lowest BCUT2D eigenvalue weighted by atomic mass is 10.2. The Morgan fingerprint density at radius 1 is 1.56 bits per heavy atom. The smallest absolute Gasteiger partial charge is 0.271 e. The zero-order valence-corrected chi connectivity index (χ0v) is 8.64. The number of nitro benzene ring substituents is 1. The lowest BCUT2D eigenvalue weighted by molar-refractivity contribution is -0.384. The predicted octanol–water partition coefficient (Wildman–Crippen LogP) is 0.463. The second-order valence-corrected chi connectivity index (χ2v) is 3.30. The van der Waals surface area contributed by atoms with E-state index in [4.69, 9.17) is 11.5 Å². The standard InChI is InChI=1S/C9H12N4O3/c1-5(9(11)14)12-8-3-2-6(13(15)16)4-7(8)10/h2-5,12H,10H2,1H3,(H2,11,14). The van der Waals surface area contributed by atoms with Gasteiger partial charge in [0.05, 0.1) is 16.3 Å². The van der Waals surface area contributed by atoms with E-state index in [1.54, 1.807) is 6.92 Å². The van der Waals surface area contributed by atoms with Gasteiger partial charge in [0.2, 0.25) is 5.91 Å². The number of carbonyl (C=O) groups is 1. The molecule has 0 fully saturated rings. The SMILES string of the molecule is CC(Nc1ccc([N+](=O)[O-])cc1N)C(N)=O. The van der Waals surface area contributed by atoms with E-state index < -0.39 is 16.9 Å². The summed E-state index contributed by atoms with van der Waals surface area (Å²) in [4.78, 5) is 20.7. The largest absolute Gasteiger partial charge is 0.397 e. The molecule has 1 aromatic rings. The quantitative estimate of drug-likeness (QED) is 0.389. The number of non-ortho nitro benzene ring substituents is 1. The first kappa shape index (κ1) is 11.8. The number of hydrogen-bond donors (Lipinski definition) is 3. The van der Waals surface area contributed by atoms with Gasteiger partial charge in [-0.2, -0.15) is 0 Å². The Hall–Kier alpha value is -2.31. The molecule has 7 nitrogen and oxygen atoms in total. The molecule has 5 N–H and O–H groups in total. The zero-order valence-electron chi connectivity index (χ0n) is 8.64. The Bertz CT molecular complexity index is 433. The van der Waals surface area contributed by atoms with Crippen molar-refractivity contribution in [3.05, 3.63) is 28.3 Å². The van der Waals surface area contributed by atoms with Crippen LogP contribution in [0, 0.1) is 10.1 Å². The van der Waals surface area contributed by atoms with Crippen molar-refractivity contribution in [2.75, 3.05) is 11.1 Å². The molecule has 86 valence electrons. The maximum absolute atomic E-state index is 10.8. The number of anilines is 2. The van der Waals surface area contributed by atoms with Crippen molar-refractivity contribution in [2.24, 2.45) is 5.73 Å². The monoisotopic (exact) mass is 224 g/mol. The number of nitrogen functional groups attached to an aromatic ring is 1. The molecule has 16 heavy (non-hydrogen) atoms. The predicted molar refractivity (Wildman–Crippen MR) is 59.8 cm³/mol. The molecule has 1 aromatic carbocycles. The average molecular weight is 224 g/mol. The van der Waals surface area contributed by atoms with Crippen LogP contribution < -0.4 is 16.8 Å². The molecule has 1 unspecified atom stereocenters. The zero-order chi connectivity index (χ0) is 12.3. The number of benzene rings is 1. The van der Waals surface area contributed by atoms with Gasteiger partial charge in [-0.1, -0.05) is 0 Å². The second kappa shape index (κ2) is 4.47. The molecule has 0 aliphatic heterocycles. The van der Waals surface area contributed by atoms with Crippen molar-refractivity contribution in [2.45, 2.75) is 13.0 Å². The van der Waals surface area contributed by atoms with Crippen LogP contribution >= 0.6 is 0 Å². The van der Waals surface area contributed by atoms with E-state index in [2.05, 4.69) is 5.32 Å². The summed E-state index contributed by atoms with van der Waals surface area (Å²) in [6.07, 6.45) is 0. The van der Waals surface area contributed by atoms with Crippen LogP contribution in [-0.4, -0.2) is 16.9 Å². The number of nitro groups is 1. The van der Waals surface area contributed by atoms with Crippen molar-refractivity contribution in [3.63, 3.8) is 0 Å². The molecule has 0 radical (unpaired) electrons. The van der Waals surface area contributed by atoms with Crippen molar-refractivity contribution in [1.82, 2.24) is 0 Å². The highest BCUT2D eigenvalue weighted by Gasteiger charge is 2.12. The van der Waals surface area contributed by atoms with Crippen LogP contribution in [0.5, 0.6) is 0 Å². The molecule has 0 spiro atoms.